The fourth-order valence-electron chi connectivity index (χ4n) is 1.93. The van der Waals surface area contributed by atoms with E-state index in [0.29, 0.717) is 0 Å². The second-order valence-electron chi connectivity index (χ2n) is 4.10. The Morgan fingerprint density at radius 1 is 1.39 bits per heavy atom. The molecule has 0 atom stereocenters. The number of imidazole rings is 1. The minimum atomic E-state index is 0.875. The van der Waals surface area contributed by atoms with E-state index in [1.807, 2.05) is 35.9 Å². The van der Waals surface area contributed by atoms with Crippen molar-refractivity contribution in [3.8, 4) is 0 Å². The molecule has 3 aromatic rings. The van der Waals surface area contributed by atoms with E-state index in [0.717, 1.165) is 35.1 Å². The average Bonchev–Trinajstić information content (AvgIpc) is 2.98. The summed E-state index contributed by atoms with van der Waals surface area (Å²) < 4.78 is 2.05. The van der Waals surface area contributed by atoms with Crippen molar-refractivity contribution in [3.05, 3.63) is 46.7 Å². The highest BCUT2D eigenvalue weighted by molar-refractivity contribution is 7.09. The Bertz CT molecular complexity index is 656. The number of fused-ring (bicyclic) bond motifs is 1. The molecule has 3 heterocycles. The highest BCUT2D eigenvalue weighted by Gasteiger charge is 2.01. The molecule has 0 saturated heterocycles. The number of aromatic nitrogens is 3. The first-order valence-electron chi connectivity index (χ1n) is 5.90. The molecular weight excluding hydrogens is 244 g/mol. The van der Waals surface area contributed by atoms with Gasteiger partial charge in [0.2, 0.25) is 0 Å². The first kappa shape index (κ1) is 11.2. The van der Waals surface area contributed by atoms with Gasteiger partial charge in [-0.05, 0) is 19.1 Å². The Morgan fingerprint density at radius 3 is 3.17 bits per heavy atom. The lowest BCUT2D eigenvalue weighted by atomic mass is 10.3. The molecule has 0 spiro atoms. The van der Waals surface area contributed by atoms with Gasteiger partial charge in [-0.1, -0.05) is 6.07 Å². The lowest BCUT2D eigenvalue weighted by Crippen LogP contribution is -2.08. The van der Waals surface area contributed by atoms with E-state index in [4.69, 9.17) is 0 Å². The Kier molecular flexibility index (Phi) is 2.98. The first-order chi connectivity index (χ1) is 8.83. The molecule has 5 heteroatoms. The summed E-state index contributed by atoms with van der Waals surface area (Å²) in [7, 11) is 0. The van der Waals surface area contributed by atoms with Crippen molar-refractivity contribution in [2.75, 3.05) is 11.9 Å². The van der Waals surface area contributed by atoms with Crippen LogP contribution in [0.1, 0.15) is 10.7 Å². The smallest absolute Gasteiger partial charge is 0.138 e. The van der Waals surface area contributed by atoms with E-state index in [9.17, 15) is 0 Å². The monoisotopic (exact) mass is 258 g/mol. The molecule has 0 aliphatic carbocycles. The van der Waals surface area contributed by atoms with Crippen LogP contribution in [0.5, 0.6) is 0 Å². The van der Waals surface area contributed by atoms with Gasteiger partial charge in [-0.3, -0.25) is 4.40 Å². The zero-order chi connectivity index (χ0) is 12.4. The van der Waals surface area contributed by atoms with Crippen molar-refractivity contribution >= 4 is 22.8 Å². The fourth-order valence-corrected chi connectivity index (χ4v) is 2.58. The van der Waals surface area contributed by atoms with Crippen LogP contribution in [0, 0.1) is 6.92 Å². The molecule has 0 bridgehead atoms. The summed E-state index contributed by atoms with van der Waals surface area (Å²) in [6.07, 6.45) is 4.71. The molecule has 3 aromatic heterocycles. The zero-order valence-corrected chi connectivity index (χ0v) is 10.9. The lowest BCUT2D eigenvalue weighted by Gasteiger charge is -2.07. The van der Waals surface area contributed by atoms with Crippen LogP contribution in [0.3, 0.4) is 0 Å². The van der Waals surface area contributed by atoms with E-state index >= 15 is 0 Å². The molecule has 0 amide bonds. The fraction of sp³-hybridized carbons (Fsp3) is 0.231. The van der Waals surface area contributed by atoms with Gasteiger partial charge in [0.15, 0.2) is 0 Å². The molecule has 0 radical (unpaired) electrons. The van der Waals surface area contributed by atoms with Gasteiger partial charge in [-0.15, -0.1) is 11.3 Å². The third-order valence-electron chi connectivity index (χ3n) is 2.78. The maximum absolute atomic E-state index is 4.45. The van der Waals surface area contributed by atoms with Crippen LogP contribution in [0.2, 0.25) is 0 Å². The molecule has 3 rings (SSSR count). The molecule has 18 heavy (non-hydrogen) atoms. The maximum Gasteiger partial charge on any atom is 0.138 e. The standard InChI is InChI=1S/C13H14N4S/c1-10-16-11(9-18-10)5-6-14-12-3-2-4-13-15-7-8-17(12)13/h2-4,7-9,14H,5-6H2,1H3. The van der Waals surface area contributed by atoms with Crippen molar-refractivity contribution in [2.45, 2.75) is 13.3 Å². The van der Waals surface area contributed by atoms with Crippen molar-refractivity contribution in [1.82, 2.24) is 14.4 Å². The van der Waals surface area contributed by atoms with Crippen LogP contribution in [-0.2, 0) is 6.42 Å². The highest BCUT2D eigenvalue weighted by atomic mass is 32.1. The van der Waals surface area contributed by atoms with Gasteiger partial charge in [-0.2, -0.15) is 0 Å². The summed E-state index contributed by atoms with van der Waals surface area (Å²) in [5, 5.41) is 6.67. The Balaban J connectivity index is 1.68. The van der Waals surface area contributed by atoms with Gasteiger partial charge in [0.05, 0.1) is 10.7 Å². The Labute approximate surface area is 109 Å². The van der Waals surface area contributed by atoms with Crippen LogP contribution in [0.25, 0.3) is 5.65 Å². The van der Waals surface area contributed by atoms with E-state index in [1.165, 1.54) is 0 Å². The number of rotatable bonds is 4. The second kappa shape index (κ2) is 4.78. The maximum atomic E-state index is 4.45. The number of nitrogens with zero attached hydrogens (tertiary/aromatic N) is 3. The number of pyridine rings is 1. The Hall–Kier alpha value is -1.88. The van der Waals surface area contributed by atoms with E-state index in [1.54, 1.807) is 11.3 Å². The third-order valence-corrected chi connectivity index (χ3v) is 3.60. The van der Waals surface area contributed by atoms with Gasteiger partial charge < -0.3 is 5.32 Å². The minimum absolute atomic E-state index is 0.875. The van der Waals surface area contributed by atoms with Crippen LogP contribution in [0.15, 0.2) is 36.0 Å². The molecule has 4 nitrogen and oxygen atoms in total. The summed E-state index contributed by atoms with van der Waals surface area (Å²) in [6, 6.07) is 6.06. The molecule has 0 aliphatic rings. The molecule has 1 N–H and O–H groups in total. The van der Waals surface area contributed by atoms with E-state index < -0.39 is 0 Å². The molecule has 0 saturated carbocycles. The van der Waals surface area contributed by atoms with Crippen LogP contribution < -0.4 is 5.32 Å². The van der Waals surface area contributed by atoms with Gasteiger partial charge >= 0.3 is 0 Å². The summed E-state index contributed by atoms with van der Waals surface area (Å²) in [5.74, 6) is 1.07. The largest absolute Gasteiger partial charge is 0.371 e. The lowest BCUT2D eigenvalue weighted by molar-refractivity contribution is 0.954. The molecular formula is C13H14N4S. The van der Waals surface area contributed by atoms with Crippen molar-refractivity contribution in [3.63, 3.8) is 0 Å². The van der Waals surface area contributed by atoms with Gasteiger partial charge in [0.25, 0.3) is 0 Å². The normalized spacial score (nSPS) is 10.9. The predicted octanol–water partition coefficient (Wildman–Crippen LogP) is 2.75. The number of nitrogens with one attached hydrogen (secondary N) is 1. The van der Waals surface area contributed by atoms with Crippen molar-refractivity contribution < 1.29 is 0 Å². The zero-order valence-electron chi connectivity index (χ0n) is 10.1. The van der Waals surface area contributed by atoms with E-state index in [2.05, 4.69) is 26.7 Å². The second-order valence-corrected chi connectivity index (χ2v) is 5.16. The summed E-state index contributed by atoms with van der Waals surface area (Å²) >= 11 is 1.70. The number of anilines is 1. The SMILES string of the molecule is Cc1nc(CCNc2cccc3nccn23)cs1. The topological polar surface area (TPSA) is 42.2 Å². The van der Waals surface area contributed by atoms with Crippen molar-refractivity contribution in [2.24, 2.45) is 0 Å². The van der Waals surface area contributed by atoms with Crippen molar-refractivity contribution in [1.29, 1.82) is 0 Å². The van der Waals surface area contributed by atoms with E-state index in [-0.39, 0.29) is 0 Å². The van der Waals surface area contributed by atoms with Crippen LogP contribution in [0.4, 0.5) is 5.82 Å². The third kappa shape index (κ3) is 2.22. The number of hydrogen-bond donors (Lipinski definition) is 1. The molecule has 0 aliphatic heterocycles. The number of thiazole rings is 1. The van der Waals surface area contributed by atoms with Crippen LogP contribution in [-0.4, -0.2) is 20.9 Å². The Morgan fingerprint density at radius 2 is 2.33 bits per heavy atom. The minimum Gasteiger partial charge on any atom is -0.371 e. The van der Waals surface area contributed by atoms with Gasteiger partial charge in [-0.25, -0.2) is 9.97 Å². The summed E-state index contributed by atoms with van der Waals surface area (Å²) in [5.41, 5.74) is 2.12. The molecule has 0 unspecified atom stereocenters. The average molecular weight is 258 g/mol. The molecule has 0 aromatic carbocycles. The predicted molar refractivity (Wildman–Crippen MR) is 74.2 cm³/mol. The molecule has 0 fully saturated rings. The quantitative estimate of drug-likeness (QED) is 0.782. The first-order valence-corrected chi connectivity index (χ1v) is 6.78. The number of aryl methyl sites for hydroxylation is 1. The van der Waals surface area contributed by atoms with Crippen LogP contribution >= 0.6 is 11.3 Å². The molecule has 92 valence electrons. The summed E-state index contributed by atoms with van der Waals surface area (Å²) in [6.45, 7) is 2.91. The van der Waals surface area contributed by atoms with Gasteiger partial charge in [0, 0.05) is 30.7 Å². The highest BCUT2D eigenvalue weighted by Crippen LogP contribution is 2.12. The summed E-state index contributed by atoms with van der Waals surface area (Å²) in [4.78, 5) is 8.71. The number of hydrogen-bond acceptors (Lipinski definition) is 4. The van der Waals surface area contributed by atoms with Gasteiger partial charge in [0.1, 0.15) is 11.5 Å².